The van der Waals surface area contributed by atoms with Crippen molar-refractivity contribution in [2.75, 3.05) is 5.32 Å². The fourth-order valence-electron chi connectivity index (χ4n) is 2.42. The largest absolute Gasteiger partial charge is 0.481 e. The summed E-state index contributed by atoms with van der Waals surface area (Å²) in [6, 6.07) is 6.78. The number of nitrogens with one attached hydrogen (secondary N) is 1. The molecule has 2 rings (SSSR count). The molecule has 0 aliphatic heterocycles. The van der Waals surface area contributed by atoms with Crippen molar-refractivity contribution in [3.63, 3.8) is 0 Å². The van der Waals surface area contributed by atoms with Gasteiger partial charge in [-0.3, -0.25) is 14.9 Å². The van der Waals surface area contributed by atoms with Crippen LogP contribution in [0.4, 0.5) is 20.2 Å². The fraction of sp³-hybridized carbons (Fsp3) is 0.188. The van der Waals surface area contributed by atoms with Crippen molar-refractivity contribution in [2.45, 2.75) is 19.1 Å². The van der Waals surface area contributed by atoms with E-state index in [1.807, 2.05) is 0 Å². The first kappa shape index (κ1) is 20.8. The van der Waals surface area contributed by atoms with E-state index in [9.17, 15) is 28.8 Å². The quantitative estimate of drug-likeness (QED) is 0.408. The van der Waals surface area contributed by atoms with Crippen molar-refractivity contribution < 1.29 is 28.3 Å². The number of ether oxygens (including phenoxy) is 1. The Bertz CT molecular complexity index is 869. The predicted octanol–water partition coefficient (Wildman–Crippen LogP) is 5.24. The SMILES string of the molecule is O=C(O)C[C@@H](Nc1cc(Cl)ccc1[N+](=O)[O-])c1c(Br)cccc1OC(F)F. The maximum absolute atomic E-state index is 12.7. The van der Waals surface area contributed by atoms with Crippen LogP contribution < -0.4 is 10.1 Å². The lowest BCUT2D eigenvalue weighted by molar-refractivity contribution is -0.384. The summed E-state index contributed by atoms with van der Waals surface area (Å²) in [5, 5.41) is 23.3. The summed E-state index contributed by atoms with van der Waals surface area (Å²) in [7, 11) is 0. The van der Waals surface area contributed by atoms with E-state index < -0.39 is 30.0 Å². The summed E-state index contributed by atoms with van der Waals surface area (Å²) >= 11 is 9.06. The number of aliphatic carboxylic acids is 1. The van der Waals surface area contributed by atoms with Gasteiger partial charge < -0.3 is 15.2 Å². The van der Waals surface area contributed by atoms with Crippen LogP contribution in [-0.2, 0) is 4.79 Å². The van der Waals surface area contributed by atoms with Crippen LogP contribution in [0.2, 0.25) is 5.02 Å². The molecule has 0 amide bonds. The van der Waals surface area contributed by atoms with Crippen molar-refractivity contribution in [2.24, 2.45) is 0 Å². The van der Waals surface area contributed by atoms with E-state index in [1.165, 1.54) is 30.3 Å². The molecule has 2 aromatic rings. The number of nitro groups is 1. The number of carbonyl (C=O) groups is 1. The molecular weight excluding hydrogens is 454 g/mol. The van der Waals surface area contributed by atoms with Crippen LogP contribution in [-0.4, -0.2) is 22.6 Å². The topological polar surface area (TPSA) is 102 Å². The summed E-state index contributed by atoms with van der Waals surface area (Å²) < 4.78 is 30.2. The third-order valence-corrected chi connectivity index (χ3v) is 4.37. The van der Waals surface area contributed by atoms with Crippen LogP contribution in [0, 0.1) is 10.1 Å². The Morgan fingerprint density at radius 1 is 1.37 bits per heavy atom. The van der Waals surface area contributed by atoms with Crippen LogP contribution in [0.3, 0.4) is 0 Å². The van der Waals surface area contributed by atoms with Gasteiger partial charge in [0.25, 0.3) is 5.69 Å². The van der Waals surface area contributed by atoms with Gasteiger partial charge in [0.15, 0.2) is 0 Å². The maximum atomic E-state index is 12.7. The highest BCUT2D eigenvalue weighted by Crippen LogP contribution is 2.39. The molecule has 0 spiro atoms. The molecule has 2 aromatic carbocycles. The average Bonchev–Trinajstić information content (AvgIpc) is 2.53. The Labute approximate surface area is 165 Å². The van der Waals surface area contributed by atoms with Gasteiger partial charge in [-0.05, 0) is 24.3 Å². The number of anilines is 1. The van der Waals surface area contributed by atoms with Gasteiger partial charge in [0, 0.05) is 21.1 Å². The zero-order chi connectivity index (χ0) is 20.1. The number of carboxylic acid groups (broad SMARTS) is 1. The minimum absolute atomic E-state index is 0.0579. The number of hydrogen-bond acceptors (Lipinski definition) is 5. The van der Waals surface area contributed by atoms with Gasteiger partial charge in [0.05, 0.1) is 17.4 Å². The molecule has 0 aliphatic rings. The smallest absolute Gasteiger partial charge is 0.387 e. The Morgan fingerprint density at radius 3 is 2.67 bits per heavy atom. The fourth-order valence-corrected chi connectivity index (χ4v) is 3.22. The normalized spacial score (nSPS) is 11.9. The van der Waals surface area contributed by atoms with E-state index in [0.29, 0.717) is 4.47 Å². The maximum Gasteiger partial charge on any atom is 0.387 e. The lowest BCUT2D eigenvalue weighted by Crippen LogP contribution is -2.18. The number of halogens is 4. The molecule has 0 aromatic heterocycles. The molecule has 0 saturated carbocycles. The van der Waals surface area contributed by atoms with Crippen LogP contribution in [0.15, 0.2) is 40.9 Å². The van der Waals surface area contributed by atoms with E-state index in [0.717, 1.165) is 6.07 Å². The van der Waals surface area contributed by atoms with Crippen molar-refractivity contribution in [1.82, 2.24) is 0 Å². The van der Waals surface area contributed by atoms with E-state index in [1.54, 1.807) is 0 Å². The first-order chi connectivity index (χ1) is 12.7. The monoisotopic (exact) mass is 464 g/mol. The Hall–Kier alpha value is -2.46. The Kier molecular flexibility index (Phi) is 6.92. The van der Waals surface area contributed by atoms with Crippen LogP contribution >= 0.6 is 27.5 Å². The lowest BCUT2D eigenvalue weighted by Gasteiger charge is -2.22. The van der Waals surface area contributed by atoms with Gasteiger partial charge >= 0.3 is 12.6 Å². The molecule has 0 aliphatic carbocycles. The number of alkyl halides is 2. The van der Waals surface area contributed by atoms with Crippen molar-refractivity contribution >= 4 is 44.9 Å². The van der Waals surface area contributed by atoms with Gasteiger partial charge in [-0.1, -0.05) is 33.6 Å². The van der Waals surface area contributed by atoms with Crippen molar-refractivity contribution in [3.05, 3.63) is 61.6 Å². The Balaban J connectivity index is 2.54. The zero-order valence-corrected chi connectivity index (χ0v) is 15.7. The minimum atomic E-state index is -3.14. The summed E-state index contributed by atoms with van der Waals surface area (Å²) in [6.45, 7) is -3.14. The molecule has 144 valence electrons. The number of nitrogens with zero attached hydrogens (tertiary/aromatic N) is 1. The van der Waals surface area contributed by atoms with E-state index in [2.05, 4.69) is 26.0 Å². The molecule has 0 heterocycles. The standard InChI is InChI=1S/C16H12BrClF2N2O5/c17-9-2-1-3-13(27-16(19)20)15(9)11(7-14(23)24)21-10-6-8(18)4-5-12(10)22(25)26/h1-6,11,16,21H,7H2,(H,23,24)/t11-/m1/s1. The zero-order valence-electron chi connectivity index (χ0n) is 13.4. The summed E-state index contributed by atoms with van der Waals surface area (Å²) in [5.74, 6) is -1.52. The van der Waals surface area contributed by atoms with Gasteiger partial charge in [0.2, 0.25) is 0 Å². The summed E-state index contributed by atoms with van der Waals surface area (Å²) in [4.78, 5) is 21.9. The number of nitro benzene ring substituents is 1. The molecule has 1 atom stereocenters. The van der Waals surface area contributed by atoms with E-state index in [-0.39, 0.29) is 27.7 Å². The third kappa shape index (κ3) is 5.51. The second-order valence-corrected chi connectivity index (χ2v) is 6.53. The molecule has 2 N–H and O–H groups in total. The predicted molar refractivity (Wildman–Crippen MR) is 97.5 cm³/mol. The van der Waals surface area contributed by atoms with Crippen LogP contribution in [0.25, 0.3) is 0 Å². The highest BCUT2D eigenvalue weighted by Gasteiger charge is 2.26. The molecular formula is C16H12BrClF2N2O5. The highest BCUT2D eigenvalue weighted by molar-refractivity contribution is 9.10. The van der Waals surface area contributed by atoms with E-state index >= 15 is 0 Å². The summed E-state index contributed by atoms with van der Waals surface area (Å²) in [5.41, 5.74) is -0.329. The second kappa shape index (κ2) is 8.96. The lowest BCUT2D eigenvalue weighted by atomic mass is 10.0. The molecule has 11 heteroatoms. The Morgan fingerprint density at radius 2 is 2.07 bits per heavy atom. The average molecular weight is 466 g/mol. The minimum Gasteiger partial charge on any atom is -0.481 e. The van der Waals surface area contributed by atoms with Crippen LogP contribution in [0.1, 0.15) is 18.0 Å². The summed E-state index contributed by atoms with van der Waals surface area (Å²) in [6.07, 6.45) is -0.564. The first-order valence-corrected chi connectivity index (χ1v) is 8.51. The number of benzene rings is 2. The molecule has 0 unspecified atom stereocenters. The molecule has 0 saturated heterocycles. The van der Waals surface area contributed by atoms with Crippen molar-refractivity contribution in [1.29, 1.82) is 0 Å². The number of hydrogen-bond donors (Lipinski definition) is 2. The van der Waals surface area contributed by atoms with Gasteiger partial charge in [0.1, 0.15) is 11.4 Å². The van der Waals surface area contributed by atoms with Gasteiger partial charge in [-0.15, -0.1) is 0 Å². The molecule has 7 nitrogen and oxygen atoms in total. The highest BCUT2D eigenvalue weighted by atomic mass is 79.9. The third-order valence-electron chi connectivity index (χ3n) is 3.44. The van der Waals surface area contributed by atoms with Crippen LogP contribution in [0.5, 0.6) is 5.75 Å². The molecule has 27 heavy (non-hydrogen) atoms. The van der Waals surface area contributed by atoms with Gasteiger partial charge in [-0.25, -0.2) is 0 Å². The second-order valence-electron chi connectivity index (χ2n) is 5.24. The molecule has 0 bridgehead atoms. The molecule has 0 radical (unpaired) electrons. The first-order valence-electron chi connectivity index (χ1n) is 7.34. The van der Waals surface area contributed by atoms with Gasteiger partial charge in [-0.2, -0.15) is 8.78 Å². The number of carboxylic acids is 1. The number of rotatable bonds is 8. The van der Waals surface area contributed by atoms with Crippen molar-refractivity contribution in [3.8, 4) is 5.75 Å². The van der Waals surface area contributed by atoms with E-state index in [4.69, 9.17) is 11.6 Å². The molecule has 0 fully saturated rings.